The first-order valence-electron chi connectivity index (χ1n) is 10.8. The Kier molecular flexibility index (Phi) is 4.44. The lowest BCUT2D eigenvalue weighted by Gasteiger charge is -2.56. The van der Waals surface area contributed by atoms with Crippen LogP contribution in [0.3, 0.4) is 0 Å². The van der Waals surface area contributed by atoms with Crippen molar-refractivity contribution in [1.29, 1.82) is 0 Å². The molecule has 27 heavy (non-hydrogen) atoms. The number of carbonyl (C=O) groups excluding carboxylic acids is 2. The Morgan fingerprint density at radius 3 is 2.52 bits per heavy atom. The van der Waals surface area contributed by atoms with Crippen LogP contribution in [-0.2, 0) is 14.3 Å². The predicted octanol–water partition coefficient (Wildman–Crippen LogP) is 5.40. The molecule has 0 aromatic heterocycles. The van der Waals surface area contributed by atoms with Crippen LogP contribution in [-0.4, -0.2) is 17.9 Å². The van der Waals surface area contributed by atoms with Gasteiger partial charge in [0.15, 0.2) is 5.78 Å². The maximum atomic E-state index is 12.4. The summed E-state index contributed by atoms with van der Waals surface area (Å²) in [6.45, 7) is 10.3. The summed E-state index contributed by atoms with van der Waals surface area (Å²) in [4.78, 5) is 23.8. The van der Waals surface area contributed by atoms with Crippen molar-refractivity contribution >= 4 is 11.8 Å². The summed E-state index contributed by atoms with van der Waals surface area (Å²) >= 11 is 0. The molecule has 2 fully saturated rings. The largest absolute Gasteiger partial charge is 0.463 e. The molecule has 0 amide bonds. The van der Waals surface area contributed by atoms with Crippen molar-refractivity contribution < 1.29 is 14.3 Å². The molecule has 0 N–H and O–H groups in total. The van der Waals surface area contributed by atoms with Crippen molar-refractivity contribution in [3.63, 3.8) is 0 Å². The molecular weight excluding hydrogens is 336 g/mol. The van der Waals surface area contributed by atoms with Gasteiger partial charge in [0.1, 0.15) is 6.10 Å². The topological polar surface area (TPSA) is 43.4 Å². The number of hydrogen-bond acceptors (Lipinski definition) is 3. The molecule has 6 atom stereocenters. The van der Waals surface area contributed by atoms with Crippen LogP contribution < -0.4 is 0 Å². The molecule has 0 spiro atoms. The zero-order valence-electron chi connectivity index (χ0n) is 17.6. The molecular formula is C24H34O3. The monoisotopic (exact) mass is 370 g/mol. The van der Waals surface area contributed by atoms with Gasteiger partial charge < -0.3 is 4.74 Å². The van der Waals surface area contributed by atoms with Gasteiger partial charge in [-0.15, -0.1) is 0 Å². The van der Waals surface area contributed by atoms with E-state index in [2.05, 4.69) is 26.8 Å². The van der Waals surface area contributed by atoms with Gasteiger partial charge in [0.05, 0.1) is 0 Å². The Balaban J connectivity index is 1.62. The summed E-state index contributed by atoms with van der Waals surface area (Å²) in [6, 6.07) is 0. The van der Waals surface area contributed by atoms with Crippen molar-refractivity contribution in [2.45, 2.75) is 85.7 Å². The second-order valence-corrected chi connectivity index (χ2v) is 10.1. The van der Waals surface area contributed by atoms with E-state index in [1.165, 1.54) is 25.3 Å². The van der Waals surface area contributed by atoms with Crippen molar-refractivity contribution in [1.82, 2.24) is 0 Å². The predicted molar refractivity (Wildman–Crippen MR) is 106 cm³/mol. The number of ether oxygens (including phenoxy) is 1. The van der Waals surface area contributed by atoms with Gasteiger partial charge in [0.2, 0.25) is 0 Å². The Hall–Kier alpha value is -1.38. The molecule has 0 saturated heterocycles. The average Bonchev–Trinajstić information content (AvgIpc) is 2.85. The Labute approximate surface area is 163 Å². The first-order valence-corrected chi connectivity index (χ1v) is 10.8. The second kappa shape index (κ2) is 6.32. The summed E-state index contributed by atoms with van der Waals surface area (Å²) in [5.41, 5.74) is 4.39. The van der Waals surface area contributed by atoms with Gasteiger partial charge in [-0.25, -0.2) is 0 Å². The van der Waals surface area contributed by atoms with Gasteiger partial charge in [0, 0.05) is 17.9 Å². The van der Waals surface area contributed by atoms with Crippen LogP contribution in [0.25, 0.3) is 0 Å². The Morgan fingerprint density at radius 1 is 1.11 bits per heavy atom. The third-order valence-corrected chi connectivity index (χ3v) is 8.58. The molecule has 0 bridgehead atoms. The molecule has 148 valence electrons. The molecule has 4 aliphatic carbocycles. The number of rotatable bonds is 2. The summed E-state index contributed by atoms with van der Waals surface area (Å²) in [6.07, 6.45) is 10.3. The van der Waals surface area contributed by atoms with E-state index >= 15 is 0 Å². The minimum Gasteiger partial charge on any atom is -0.463 e. The van der Waals surface area contributed by atoms with Crippen molar-refractivity contribution in [2.24, 2.45) is 28.6 Å². The summed E-state index contributed by atoms with van der Waals surface area (Å²) in [5, 5.41) is 0. The van der Waals surface area contributed by atoms with Crippen LogP contribution in [0.15, 0.2) is 22.8 Å². The van der Waals surface area contributed by atoms with E-state index in [1.54, 1.807) is 12.5 Å². The van der Waals surface area contributed by atoms with Gasteiger partial charge in [-0.05, 0) is 82.0 Å². The van der Waals surface area contributed by atoms with E-state index in [4.69, 9.17) is 4.74 Å². The van der Waals surface area contributed by atoms with Crippen LogP contribution in [0.5, 0.6) is 0 Å². The van der Waals surface area contributed by atoms with Crippen LogP contribution >= 0.6 is 0 Å². The van der Waals surface area contributed by atoms with E-state index in [1.807, 2.05) is 0 Å². The van der Waals surface area contributed by atoms with E-state index in [9.17, 15) is 9.59 Å². The molecule has 3 heteroatoms. The van der Waals surface area contributed by atoms with Gasteiger partial charge in [-0.3, -0.25) is 9.59 Å². The lowest BCUT2D eigenvalue weighted by molar-refractivity contribution is -0.151. The second-order valence-electron chi connectivity index (χ2n) is 10.1. The smallest absolute Gasteiger partial charge is 0.302 e. The fourth-order valence-electron chi connectivity index (χ4n) is 7.48. The average molecular weight is 371 g/mol. The van der Waals surface area contributed by atoms with Gasteiger partial charge in [0.25, 0.3) is 0 Å². The summed E-state index contributed by atoms with van der Waals surface area (Å²) in [7, 11) is 0. The highest BCUT2D eigenvalue weighted by atomic mass is 16.5. The number of ketones is 1. The number of esters is 1. The van der Waals surface area contributed by atoms with E-state index in [0.717, 1.165) is 37.7 Å². The maximum absolute atomic E-state index is 12.4. The minimum absolute atomic E-state index is 0.0300. The third kappa shape index (κ3) is 2.76. The molecule has 0 aromatic rings. The molecule has 3 nitrogen and oxygen atoms in total. The lowest BCUT2D eigenvalue weighted by atomic mass is 9.48. The van der Waals surface area contributed by atoms with Gasteiger partial charge >= 0.3 is 5.97 Å². The normalized spacial score (nSPS) is 43.4. The first-order chi connectivity index (χ1) is 12.7. The SMILES string of the molecule is CC(=O)O[C@@H]1CC[C@]2(C)C3=CC[C@]4(C)C(C(C)=O)=C(C)C[C@@H]4[C@H]3CC[C@H]2C1. The van der Waals surface area contributed by atoms with Crippen LogP contribution in [0.4, 0.5) is 0 Å². The maximum Gasteiger partial charge on any atom is 0.302 e. The summed E-state index contributed by atoms with van der Waals surface area (Å²) in [5.74, 6) is 1.94. The molecule has 0 unspecified atom stereocenters. The zero-order chi connectivity index (χ0) is 19.6. The quantitative estimate of drug-likeness (QED) is 0.483. The molecule has 0 aliphatic heterocycles. The lowest BCUT2D eigenvalue weighted by Crippen LogP contribution is -2.48. The zero-order valence-corrected chi connectivity index (χ0v) is 17.6. The number of allylic oxidation sites excluding steroid dienone is 4. The third-order valence-electron chi connectivity index (χ3n) is 8.58. The standard InChI is InChI=1S/C24H34O3/c1-14-12-21-19-7-6-17-13-18(27-16(3)26)8-10-23(17,4)20(19)9-11-24(21,5)22(14)15(2)25/h9,17-19,21H,6-8,10-13H2,1-5H3/t17-,18+,19-,21+,23-,24-/m0/s1. The molecule has 4 aliphatic rings. The van der Waals surface area contributed by atoms with Crippen molar-refractivity contribution in [3.8, 4) is 0 Å². The number of hydrogen-bond donors (Lipinski definition) is 0. The van der Waals surface area contributed by atoms with E-state index in [0.29, 0.717) is 17.8 Å². The first kappa shape index (κ1) is 19.0. The van der Waals surface area contributed by atoms with Crippen LogP contribution in [0, 0.1) is 28.6 Å². The Morgan fingerprint density at radius 2 is 1.85 bits per heavy atom. The molecule has 0 radical (unpaired) electrons. The highest BCUT2D eigenvalue weighted by Gasteiger charge is 2.56. The molecule has 2 saturated carbocycles. The fraction of sp³-hybridized carbons (Fsp3) is 0.750. The minimum atomic E-state index is -0.144. The fourth-order valence-corrected chi connectivity index (χ4v) is 7.48. The van der Waals surface area contributed by atoms with Crippen molar-refractivity contribution in [2.75, 3.05) is 0 Å². The Bertz CT molecular complexity index is 745. The molecule has 0 aromatic carbocycles. The number of Topliss-reactive ketones (excluding diaryl/α,β-unsaturated/α-hetero) is 1. The highest BCUT2D eigenvalue weighted by Crippen LogP contribution is 2.65. The van der Waals surface area contributed by atoms with Crippen molar-refractivity contribution in [3.05, 3.63) is 22.8 Å². The van der Waals surface area contributed by atoms with Crippen LogP contribution in [0.2, 0.25) is 0 Å². The molecule has 4 rings (SSSR count). The number of carbonyl (C=O) groups is 2. The van der Waals surface area contributed by atoms with E-state index in [-0.39, 0.29) is 28.7 Å². The number of fused-ring (bicyclic) bond motifs is 5. The van der Waals surface area contributed by atoms with E-state index < -0.39 is 0 Å². The van der Waals surface area contributed by atoms with Gasteiger partial charge in [-0.2, -0.15) is 0 Å². The summed E-state index contributed by atoms with van der Waals surface area (Å²) < 4.78 is 5.56. The molecule has 0 heterocycles. The van der Waals surface area contributed by atoms with Crippen LogP contribution in [0.1, 0.15) is 79.6 Å². The highest BCUT2D eigenvalue weighted by molar-refractivity contribution is 5.96. The van der Waals surface area contributed by atoms with Gasteiger partial charge in [-0.1, -0.05) is 31.1 Å².